The second-order valence-electron chi connectivity index (χ2n) is 6.49. The number of rotatable bonds is 3. The van der Waals surface area contributed by atoms with Gasteiger partial charge >= 0.3 is 5.69 Å². The number of piperidine rings is 1. The summed E-state index contributed by atoms with van der Waals surface area (Å²) in [5.74, 6) is 0.628. The number of fused-ring (bicyclic) bond motifs is 1. The van der Waals surface area contributed by atoms with Gasteiger partial charge in [0, 0.05) is 24.4 Å². The average molecular weight is 340 g/mol. The van der Waals surface area contributed by atoms with Crippen LogP contribution in [-0.4, -0.2) is 39.1 Å². The van der Waals surface area contributed by atoms with Gasteiger partial charge in [-0.05, 0) is 37.0 Å². The number of hydrogen-bond acceptors (Lipinski definition) is 4. The summed E-state index contributed by atoms with van der Waals surface area (Å²) in [5, 5.41) is 7.27. The van der Waals surface area contributed by atoms with E-state index in [0.717, 1.165) is 30.2 Å². The van der Waals surface area contributed by atoms with Gasteiger partial charge in [-0.1, -0.05) is 13.0 Å². The smallest absolute Gasteiger partial charge is 0.340 e. The summed E-state index contributed by atoms with van der Waals surface area (Å²) >= 11 is 0. The number of aromatic amines is 2. The van der Waals surface area contributed by atoms with Crippen LogP contribution < -0.4 is 5.69 Å². The van der Waals surface area contributed by atoms with Crippen LogP contribution in [0.4, 0.5) is 0 Å². The number of nitrogens with zero attached hydrogens (tertiary/aromatic N) is 2. The summed E-state index contributed by atoms with van der Waals surface area (Å²) in [5.41, 5.74) is 2.19. The first-order chi connectivity index (χ1) is 12.2. The van der Waals surface area contributed by atoms with Crippen LogP contribution in [0.2, 0.25) is 0 Å². The fraction of sp³-hybridized carbons (Fsp3) is 0.389. The zero-order chi connectivity index (χ0) is 17.4. The van der Waals surface area contributed by atoms with Gasteiger partial charge in [0.25, 0.3) is 5.91 Å². The van der Waals surface area contributed by atoms with Crippen molar-refractivity contribution >= 4 is 16.9 Å². The molecule has 130 valence electrons. The van der Waals surface area contributed by atoms with Crippen LogP contribution in [0, 0.1) is 0 Å². The van der Waals surface area contributed by atoms with Crippen LogP contribution in [0.5, 0.6) is 0 Å². The van der Waals surface area contributed by atoms with E-state index >= 15 is 0 Å². The maximum atomic E-state index is 13.0. The Morgan fingerprint density at radius 3 is 3.08 bits per heavy atom. The molecule has 7 heteroatoms. The Balaban J connectivity index is 1.61. The van der Waals surface area contributed by atoms with Gasteiger partial charge in [0.1, 0.15) is 17.7 Å². The zero-order valence-corrected chi connectivity index (χ0v) is 14.0. The molecule has 1 aliphatic rings. The Kier molecular flexibility index (Phi) is 3.91. The highest BCUT2D eigenvalue weighted by molar-refractivity contribution is 6.06. The maximum Gasteiger partial charge on any atom is 0.340 e. The monoisotopic (exact) mass is 340 g/mol. The summed E-state index contributed by atoms with van der Waals surface area (Å²) in [4.78, 5) is 28.8. The highest BCUT2D eigenvalue weighted by atomic mass is 16.3. The first-order valence-corrected chi connectivity index (χ1v) is 8.59. The molecule has 1 amide bonds. The highest BCUT2D eigenvalue weighted by Gasteiger charge is 2.29. The number of likely N-dealkylation sites (tertiary alicyclic amines) is 1. The first-order valence-electron chi connectivity index (χ1n) is 8.59. The van der Waals surface area contributed by atoms with Crippen molar-refractivity contribution in [1.82, 2.24) is 20.1 Å². The number of carbonyl (C=O) groups is 1. The molecule has 25 heavy (non-hydrogen) atoms. The Labute approximate surface area is 144 Å². The molecule has 0 bridgehead atoms. The minimum atomic E-state index is -0.314. The molecular weight excluding hydrogens is 320 g/mol. The number of nitrogens with one attached hydrogen (secondary N) is 2. The second kappa shape index (κ2) is 6.23. The minimum Gasteiger partial charge on any atom is -0.463 e. The van der Waals surface area contributed by atoms with Crippen molar-refractivity contribution in [3.05, 3.63) is 51.9 Å². The molecular formula is C18H20N4O3. The molecule has 1 atom stereocenters. The third kappa shape index (κ3) is 2.86. The topological polar surface area (TPSA) is 95.0 Å². The number of aromatic nitrogens is 3. The van der Waals surface area contributed by atoms with Gasteiger partial charge in [0.15, 0.2) is 0 Å². The SMILES string of the molecule is CCc1ccc2occ(C(=O)N3CCC[C@H](c4n[nH]c(=O)[nH]4)C3)c2c1. The van der Waals surface area contributed by atoms with Crippen molar-refractivity contribution in [2.24, 2.45) is 0 Å². The first kappa shape index (κ1) is 15.7. The molecule has 1 fully saturated rings. The number of benzene rings is 1. The molecule has 0 aliphatic carbocycles. The molecule has 2 aromatic heterocycles. The molecule has 0 saturated carbocycles. The summed E-state index contributed by atoms with van der Waals surface area (Å²) in [6, 6.07) is 5.96. The van der Waals surface area contributed by atoms with Crippen LogP contribution >= 0.6 is 0 Å². The standard InChI is InChI=1S/C18H20N4O3/c1-2-11-5-6-15-13(8-11)14(10-25-15)17(23)22-7-3-4-12(9-22)16-19-18(24)21-20-16/h5-6,8,10,12H,2-4,7,9H2,1H3,(H2,19,20,21,24)/t12-/m0/s1. The molecule has 0 spiro atoms. The van der Waals surface area contributed by atoms with E-state index in [0.29, 0.717) is 24.5 Å². The molecule has 3 heterocycles. The highest BCUT2D eigenvalue weighted by Crippen LogP contribution is 2.28. The third-order valence-electron chi connectivity index (χ3n) is 4.89. The zero-order valence-electron chi connectivity index (χ0n) is 14.0. The van der Waals surface area contributed by atoms with Gasteiger partial charge in [0.2, 0.25) is 0 Å². The summed E-state index contributed by atoms with van der Waals surface area (Å²) in [6.07, 6.45) is 4.23. The average Bonchev–Trinajstić information content (AvgIpc) is 3.27. The molecule has 0 unspecified atom stereocenters. The van der Waals surface area contributed by atoms with Crippen LogP contribution in [0.3, 0.4) is 0 Å². The van der Waals surface area contributed by atoms with E-state index in [2.05, 4.69) is 22.1 Å². The van der Waals surface area contributed by atoms with Gasteiger partial charge in [-0.25, -0.2) is 9.89 Å². The van der Waals surface area contributed by atoms with Crippen molar-refractivity contribution in [2.75, 3.05) is 13.1 Å². The number of hydrogen-bond donors (Lipinski definition) is 2. The fourth-order valence-corrected chi connectivity index (χ4v) is 3.49. The fourth-order valence-electron chi connectivity index (χ4n) is 3.49. The third-order valence-corrected chi connectivity index (χ3v) is 4.89. The minimum absolute atomic E-state index is 0.0328. The second-order valence-corrected chi connectivity index (χ2v) is 6.49. The summed E-state index contributed by atoms with van der Waals surface area (Å²) in [6.45, 7) is 3.33. The van der Waals surface area contributed by atoms with Crippen molar-refractivity contribution in [2.45, 2.75) is 32.1 Å². The van der Waals surface area contributed by atoms with E-state index in [4.69, 9.17) is 4.42 Å². The number of carbonyl (C=O) groups excluding carboxylic acids is 1. The summed E-state index contributed by atoms with van der Waals surface area (Å²) < 4.78 is 5.56. The van der Waals surface area contributed by atoms with Gasteiger partial charge in [-0.3, -0.25) is 9.78 Å². The van der Waals surface area contributed by atoms with Gasteiger partial charge < -0.3 is 9.32 Å². The Hall–Kier alpha value is -2.83. The number of aryl methyl sites for hydroxylation is 1. The molecule has 1 aliphatic heterocycles. The normalized spacial score (nSPS) is 18.0. The molecule has 4 rings (SSSR count). The van der Waals surface area contributed by atoms with Gasteiger partial charge in [0.05, 0.1) is 5.56 Å². The van der Waals surface area contributed by atoms with E-state index in [-0.39, 0.29) is 17.5 Å². The lowest BCUT2D eigenvalue weighted by atomic mass is 9.96. The van der Waals surface area contributed by atoms with Crippen molar-refractivity contribution in [3.63, 3.8) is 0 Å². The molecule has 1 aromatic carbocycles. The Morgan fingerprint density at radius 2 is 2.32 bits per heavy atom. The largest absolute Gasteiger partial charge is 0.463 e. The van der Waals surface area contributed by atoms with Crippen LogP contribution in [0.15, 0.2) is 33.7 Å². The van der Waals surface area contributed by atoms with Gasteiger partial charge in [-0.2, -0.15) is 5.10 Å². The maximum absolute atomic E-state index is 13.0. The van der Waals surface area contributed by atoms with E-state index in [1.54, 1.807) is 6.26 Å². The lowest BCUT2D eigenvalue weighted by molar-refractivity contribution is 0.0705. The predicted molar refractivity (Wildman–Crippen MR) is 92.7 cm³/mol. The summed E-state index contributed by atoms with van der Waals surface area (Å²) in [7, 11) is 0. The van der Waals surface area contributed by atoms with Crippen molar-refractivity contribution in [3.8, 4) is 0 Å². The number of amides is 1. The number of furan rings is 1. The Morgan fingerprint density at radius 1 is 1.44 bits per heavy atom. The quantitative estimate of drug-likeness (QED) is 0.765. The molecule has 7 nitrogen and oxygen atoms in total. The van der Waals surface area contributed by atoms with Crippen molar-refractivity contribution in [1.29, 1.82) is 0 Å². The van der Waals surface area contributed by atoms with E-state index in [1.165, 1.54) is 5.56 Å². The predicted octanol–water partition coefficient (Wildman–Crippen LogP) is 2.43. The van der Waals surface area contributed by atoms with E-state index in [9.17, 15) is 9.59 Å². The lowest BCUT2D eigenvalue weighted by Gasteiger charge is -2.31. The van der Waals surface area contributed by atoms with Gasteiger partial charge in [-0.15, -0.1) is 0 Å². The Bertz CT molecular complexity index is 968. The lowest BCUT2D eigenvalue weighted by Crippen LogP contribution is -2.39. The number of H-pyrrole nitrogens is 2. The molecule has 2 N–H and O–H groups in total. The van der Waals surface area contributed by atoms with Crippen LogP contribution in [0.25, 0.3) is 11.0 Å². The molecule has 0 radical (unpaired) electrons. The van der Waals surface area contributed by atoms with E-state index < -0.39 is 0 Å². The molecule has 1 saturated heterocycles. The van der Waals surface area contributed by atoms with Crippen molar-refractivity contribution < 1.29 is 9.21 Å². The van der Waals surface area contributed by atoms with E-state index in [1.807, 2.05) is 23.1 Å². The van der Waals surface area contributed by atoms with Crippen LogP contribution in [0.1, 0.15) is 47.4 Å². The van der Waals surface area contributed by atoms with Crippen LogP contribution in [-0.2, 0) is 6.42 Å². The molecule has 3 aromatic rings.